The van der Waals surface area contributed by atoms with Gasteiger partial charge in [0.05, 0.1) is 50.0 Å². The molecule has 356 valence electrons. The lowest BCUT2D eigenvalue weighted by atomic mass is 9.63. The maximum atomic E-state index is 6.92. The van der Waals surface area contributed by atoms with E-state index in [9.17, 15) is 0 Å². The molecule has 10 aromatic carbocycles. The number of para-hydroxylation sites is 4. The quantitative estimate of drug-likeness (QED) is 0.177. The fourth-order valence-electron chi connectivity index (χ4n) is 14.8. The van der Waals surface area contributed by atoms with Gasteiger partial charge in [0, 0.05) is 51.1 Å². The molecular weight excluding hydrogens is 937 g/mol. The Kier molecular flexibility index (Phi) is 7.94. The van der Waals surface area contributed by atoms with Crippen LogP contribution in [0.5, 0.6) is 0 Å². The summed E-state index contributed by atoms with van der Waals surface area (Å²) in [5.41, 5.74) is 26.0. The minimum Gasteiger partial charge on any atom is -0.456 e. The maximum absolute atomic E-state index is 6.92. The Hall–Kier alpha value is -10.1. The molecule has 0 saturated carbocycles. The molecule has 0 saturated heterocycles. The SMILES string of the molecule is c1ccc(N2c3ccccc3C3(c4cc5c(cc42)C2(c4ccccc4-c4ccccc42)c2ccccc2-5)c2cccnc2-c2ncc(-c4ccc5c(c4)oc4ccc6c7ccccc7n(-c7ccccc7)c6c45)cc23)cc1. The first-order valence-electron chi connectivity index (χ1n) is 26.5. The fraction of sp³-hybridized carbons (Fsp3) is 0.0278. The van der Waals surface area contributed by atoms with Gasteiger partial charge < -0.3 is 13.9 Å². The summed E-state index contributed by atoms with van der Waals surface area (Å²) in [5, 5.41) is 4.60. The van der Waals surface area contributed by atoms with Gasteiger partial charge >= 0.3 is 0 Å². The number of pyridine rings is 2. The highest BCUT2D eigenvalue weighted by Gasteiger charge is 2.57. The van der Waals surface area contributed by atoms with Crippen molar-refractivity contribution in [3.8, 4) is 50.5 Å². The van der Waals surface area contributed by atoms with Crippen molar-refractivity contribution in [3.63, 3.8) is 0 Å². The monoisotopic (exact) mass is 978 g/mol. The van der Waals surface area contributed by atoms with Crippen LogP contribution in [0.1, 0.15) is 44.5 Å². The lowest BCUT2D eigenvalue weighted by molar-refractivity contribution is 0.669. The Labute approximate surface area is 443 Å². The van der Waals surface area contributed by atoms with E-state index in [1.807, 2.05) is 12.4 Å². The Morgan fingerprint density at radius 1 is 0.351 bits per heavy atom. The Bertz CT molecular complexity index is 4850. The van der Waals surface area contributed by atoms with Gasteiger partial charge in [0.2, 0.25) is 0 Å². The second-order valence-corrected chi connectivity index (χ2v) is 21.1. The summed E-state index contributed by atoms with van der Waals surface area (Å²) in [5.74, 6) is 0. The van der Waals surface area contributed by atoms with Crippen LogP contribution in [0.15, 0.2) is 259 Å². The van der Waals surface area contributed by atoms with Crippen molar-refractivity contribution in [2.75, 3.05) is 4.90 Å². The number of rotatable bonds is 3. The first-order valence-corrected chi connectivity index (χ1v) is 26.5. The lowest BCUT2D eigenvalue weighted by Crippen LogP contribution is -2.37. The standard InChI is InChI=1S/C72H42N4O/c1-3-18-45(19-4-1)75-63-32-16-14-29-57(63)72(60-40-53-49-24-9-13-28-56(49)71(59(53)41-64(60)75)54-26-11-7-22-47(54)48-23-8-12-27-55(48)71)58-30-17-37-73-68(58)69-61(72)38-44(42-74-69)43-33-34-52-66(39-43)77-65-36-35-51-50-25-10-15-31-62(50)76(70(51)67(52)65)46-20-5-2-6-21-46/h1-42H. The van der Waals surface area contributed by atoms with Crippen LogP contribution >= 0.6 is 0 Å². The van der Waals surface area contributed by atoms with Crippen molar-refractivity contribution in [2.24, 2.45) is 0 Å². The number of furan rings is 1. The van der Waals surface area contributed by atoms with E-state index < -0.39 is 10.8 Å². The zero-order chi connectivity index (χ0) is 50.1. The van der Waals surface area contributed by atoms with Gasteiger partial charge in [-0.3, -0.25) is 9.97 Å². The normalized spacial score (nSPS) is 15.7. The third-order valence-electron chi connectivity index (χ3n) is 17.7. The van der Waals surface area contributed by atoms with Crippen LogP contribution < -0.4 is 4.90 Å². The van der Waals surface area contributed by atoms with Crippen molar-refractivity contribution in [3.05, 3.63) is 300 Å². The van der Waals surface area contributed by atoms with Crippen LogP contribution in [0, 0.1) is 0 Å². The highest BCUT2D eigenvalue weighted by molar-refractivity contribution is 6.24. The molecule has 5 nitrogen and oxygen atoms in total. The molecule has 0 radical (unpaired) electrons. The van der Waals surface area contributed by atoms with E-state index in [2.05, 4.69) is 252 Å². The second kappa shape index (κ2) is 14.8. The van der Waals surface area contributed by atoms with Gasteiger partial charge in [-0.2, -0.15) is 0 Å². The Balaban J connectivity index is 0.908. The molecule has 18 rings (SSSR count). The Morgan fingerprint density at radius 2 is 0.961 bits per heavy atom. The first kappa shape index (κ1) is 41.3. The highest BCUT2D eigenvalue weighted by Crippen LogP contribution is 2.68. The van der Waals surface area contributed by atoms with E-state index in [1.54, 1.807) is 0 Å². The maximum Gasteiger partial charge on any atom is 0.137 e. The molecule has 1 aliphatic heterocycles. The van der Waals surface area contributed by atoms with Gasteiger partial charge in [-0.05, 0) is 152 Å². The van der Waals surface area contributed by atoms with Gasteiger partial charge in [-0.25, -0.2) is 0 Å². The number of hydrogen-bond donors (Lipinski definition) is 0. The molecule has 3 aliphatic carbocycles. The molecular formula is C72H42N4O. The largest absolute Gasteiger partial charge is 0.456 e. The average molecular weight is 979 g/mol. The van der Waals surface area contributed by atoms with Gasteiger partial charge in [0.1, 0.15) is 11.2 Å². The summed E-state index contributed by atoms with van der Waals surface area (Å²) < 4.78 is 9.31. The molecule has 4 aliphatic rings. The Morgan fingerprint density at radius 3 is 1.73 bits per heavy atom. The zero-order valence-electron chi connectivity index (χ0n) is 41.4. The van der Waals surface area contributed by atoms with Crippen molar-refractivity contribution in [1.29, 1.82) is 0 Å². The van der Waals surface area contributed by atoms with E-state index in [4.69, 9.17) is 14.4 Å². The summed E-state index contributed by atoms with van der Waals surface area (Å²) in [4.78, 5) is 13.2. The van der Waals surface area contributed by atoms with Crippen molar-refractivity contribution in [1.82, 2.24) is 14.5 Å². The molecule has 14 aromatic rings. The lowest BCUT2D eigenvalue weighted by Gasteiger charge is -2.45. The van der Waals surface area contributed by atoms with E-state index in [1.165, 1.54) is 71.9 Å². The van der Waals surface area contributed by atoms with E-state index in [0.717, 1.165) is 83.8 Å². The number of hydrogen-bond acceptors (Lipinski definition) is 4. The zero-order valence-corrected chi connectivity index (χ0v) is 41.4. The molecule has 1 unspecified atom stereocenters. The molecule has 77 heavy (non-hydrogen) atoms. The summed E-state index contributed by atoms with van der Waals surface area (Å²) in [6.45, 7) is 0. The number of aromatic nitrogens is 3. The minimum absolute atomic E-state index is 0.526. The minimum atomic E-state index is -0.801. The van der Waals surface area contributed by atoms with Crippen molar-refractivity contribution < 1.29 is 4.42 Å². The van der Waals surface area contributed by atoms with Crippen molar-refractivity contribution >= 4 is 60.8 Å². The molecule has 0 bridgehead atoms. The number of anilines is 3. The number of fused-ring (bicyclic) bond motifs is 26. The molecule has 1 atom stereocenters. The molecule has 0 N–H and O–H groups in total. The fourth-order valence-corrected chi connectivity index (χ4v) is 14.8. The molecule has 0 amide bonds. The third-order valence-corrected chi connectivity index (χ3v) is 17.7. The summed E-state index contributed by atoms with van der Waals surface area (Å²) in [6, 6.07) is 89.6. The van der Waals surface area contributed by atoms with E-state index >= 15 is 0 Å². The number of nitrogens with zero attached hydrogens (tertiary/aromatic N) is 4. The average Bonchev–Trinajstić information content (AvgIpc) is 3.57. The topological polar surface area (TPSA) is 47.1 Å². The molecule has 5 heterocycles. The van der Waals surface area contributed by atoms with Crippen molar-refractivity contribution in [2.45, 2.75) is 10.8 Å². The van der Waals surface area contributed by atoms with Gasteiger partial charge in [-0.1, -0.05) is 158 Å². The molecule has 5 heteroatoms. The predicted octanol–water partition coefficient (Wildman–Crippen LogP) is 17.6. The summed E-state index contributed by atoms with van der Waals surface area (Å²) in [6.07, 6.45) is 3.96. The molecule has 4 aromatic heterocycles. The van der Waals surface area contributed by atoms with Crippen LogP contribution in [-0.4, -0.2) is 14.5 Å². The number of benzene rings is 10. The summed E-state index contributed by atoms with van der Waals surface area (Å²) in [7, 11) is 0. The van der Waals surface area contributed by atoms with Crippen LogP contribution in [-0.2, 0) is 10.8 Å². The van der Waals surface area contributed by atoms with Crippen LogP contribution in [0.4, 0.5) is 17.1 Å². The van der Waals surface area contributed by atoms with Gasteiger partial charge in [-0.15, -0.1) is 0 Å². The third kappa shape index (κ3) is 5.05. The van der Waals surface area contributed by atoms with Crippen LogP contribution in [0.25, 0.3) is 94.2 Å². The van der Waals surface area contributed by atoms with E-state index in [-0.39, 0.29) is 0 Å². The van der Waals surface area contributed by atoms with Gasteiger partial charge in [0.25, 0.3) is 0 Å². The second-order valence-electron chi connectivity index (χ2n) is 21.1. The van der Waals surface area contributed by atoms with Crippen LogP contribution in [0.2, 0.25) is 0 Å². The van der Waals surface area contributed by atoms with E-state index in [0.29, 0.717) is 0 Å². The molecule has 2 spiro atoms. The predicted molar refractivity (Wildman–Crippen MR) is 311 cm³/mol. The first-order chi connectivity index (χ1) is 38.2. The summed E-state index contributed by atoms with van der Waals surface area (Å²) >= 11 is 0. The smallest absolute Gasteiger partial charge is 0.137 e. The highest BCUT2D eigenvalue weighted by atomic mass is 16.3. The van der Waals surface area contributed by atoms with Gasteiger partial charge in [0.15, 0.2) is 0 Å². The van der Waals surface area contributed by atoms with Crippen LogP contribution in [0.3, 0.4) is 0 Å². The molecule has 0 fully saturated rings.